The van der Waals surface area contributed by atoms with Crippen LogP contribution in [0.2, 0.25) is 0 Å². The van der Waals surface area contributed by atoms with Crippen LogP contribution in [0.25, 0.3) is 0 Å². The van der Waals surface area contributed by atoms with E-state index in [2.05, 4.69) is 30.8 Å². The lowest BCUT2D eigenvalue weighted by Crippen LogP contribution is -2.43. The Kier molecular flexibility index (Phi) is 4.83. The highest BCUT2D eigenvalue weighted by Gasteiger charge is 2.29. The fourth-order valence-corrected chi connectivity index (χ4v) is 3.66. The maximum Gasteiger partial charge on any atom is 0.240 e. The third-order valence-corrected chi connectivity index (χ3v) is 5.18. The van der Waals surface area contributed by atoms with E-state index in [1.54, 1.807) is 12.1 Å². The number of benzene rings is 1. The lowest BCUT2D eigenvalue weighted by Gasteiger charge is -2.32. The number of hydrogen-bond donors (Lipinski definition) is 2. The molecule has 0 amide bonds. The van der Waals surface area contributed by atoms with Crippen molar-refractivity contribution >= 4 is 10.0 Å². The van der Waals surface area contributed by atoms with Crippen molar-refractivity contribution in [3.8, 4) is 0 Å². The zero-order valence-corrected chi connectivity index (χ0v) is 13.2. The van der Waals surface area contributed by atoms with Crippen molar-refractivity contribution in [2.45, 2.75) is 57.1 Å². The Bertz CT molecular complexity index is 531. The molecular formula is C15H24N2O2S. The fraction of sp³-hybridized carbons (Fsp3) is 0.600. The maximum atomic E-state index is 12.2. The summed E-state index contributed by atoms with van der Waals surface area (Å²) < 4.78 is 27.2. The van der Waals surface area contributed by atoms with Crippen LogP contribution in [0.1, 0.15) is 39.2 Å². The number of nitrogens with one attached hydrogen (secondary N) is 2. The molecule has 0 bridgehead atoms. The average Bonchev–Trinajstić information content (AvgIpc) is 2.35. The van der Waals surface area contributed by atoms with Crippen molar-refractivity contribution in [2.75, 3.05) is 0 Å². The van der Waals surface area contributed by atoms with Crippen molar-refractivity contribution in [1.82, 2.24) is 10.0 Å². The van der Waals surface area contributed by atoms with E-state index >= 15 is 0 Å². The number of hydrogen-bond acceptors (Lipinski definition) is 3. The third-order valence-electron chi connectivity index (χ3n) is 3.64. The van der Waals surface area contributed by atoms with Gasteiger partial charge in [0.2, 0.25) is 10.0 Å². The van der Waals surface area contributed by atoms with Crippen LogP contribution in [-0.2, 0) is 16.6 Å². The summed E-state index contributed by atoms with van der Waals surface area (Å²) in [6.07, 6.45) is 1.88. The van der Waals surface area contributed by atoms with E-state index in [1.165, 1.54) is 0 Å². The molecule has 0 unspecified atom stereocenters. The van der Waals surface area contributed by atoms with Gasteiger partial charge in [0.05, 0.1) is 4.90 Å². The summed E-state index contributed by atoms with van der Waals surface area (Å²) in [4.78, 5) is 0.352. The second-order valence-electron chi connectivity index (χ2n) is 6.07. The van der Waals surface area contributed by atoms with Crippen LogP contribution in [0, 0.1) is 5.92 Å². The topological polar surface area (TPSA) is 58.2 Å². The first kappa shape index (κ1) is 15.5. The van der Waals surface area contributed by atoms with Gasteiger partial charge in [0.15, 0.2) is 0 Å². The van der Waals surface area contributed by atoms with E-state index in [0.717, 1.165) is 24.9 Å². The minimum Gasteiger partial charge on any atom is -0.310 e. The predicted molar refractivity (Wildman–Crippen MR) is 80.9 cm³/mol. The molecule has 112 valence electrons. The summed E-state index contributed by atoms with van der Waals surface area (Å²) in [7, 11) is -3.36. The molecule has 1 aliphatic rings. The zero-order chi connectivity index (χ0) is 14.8. The average molecular weight is 296 g/mol. The fourth-order valence-electron chi connectivity index (χ4n) is 2.39. The molecule has 0 heterocycles. The SMILES string of the molecule is CC1CC(NS(=O)(=O)c2ccc(CNC(C)C)cc2)C1. The molecule has 0 saturated heterocycles. The Morgan fingerprint density at radius 2 is 1.80 bits per heavy atom. The molecule has 2 N–H and O–H groups in total. The number of sulfonamides is 1. The molecule has 1 saturated carbocycles. The highest BCUT2D eigenvalue weighted by atomic mass is 32.2. The Morgan fingerprint density at radius 3 is 2.30 bits per heavy atom. The molecule has 2 rings (SSSR count). The van der Waals surface area contributed by atoms with Crippen molar-refractivity contribution in [2.24, 2.45) is 5.92 Å². The second kappa shape index (κ2) is 6.24. The zero-order valence-electron chi connectivity index (χ0n) is 12.4. The summed E-state index contributed by atoms with van der Waals surface area (Å²) in [6, 6.07) is 7.63. The molecule has 1 fully saturated rings. The molecule has 1 aromatic carbocycles. The van der Waals surface area contributed by atoms with E-state index in [-0.39, 0.29) is 6.04 Å². The highest BCUT2D eigenvalue weighted by Crippen LogP contribution is 2.27. The van der Waals surface area contributed by atoms with Crippen LogP contribution in [0.4, 0.5) is 0 Å². The normalized spacial score (nSPS) is 22.8. The van der Waals surface area contributed by atoms with Gasteiger partial charge in [0, 0.05) is 18.6 Å². The molecule has 0 radical (unpaired) electrons. The molecule has 0 aromatic heterocycles. The predicted octanol–water partition coefficient (Wildman–Crippen LogP) is 2.26. The molecule has 0 aliphatic heterocycles. The van der Waals surface area contributed by atoms with Crippen LogP contribution in [0.15, 0.2) is 29.2 Å². The first-order valence-electron chi connectivity index (χ1n) is 7.21. The van der Waals surface area contributed by atoms with Gasteiger partial charge in [-0.3, -0.25) is 0 Å². The van der Waals surface area contributed by atoms with Gasteiger partial charge in [-0.25, -0.2) is 13.1 Å². The summed E-state index contributed by atoms with van der Waals surface area (Å²) in [6.45, 7) is 7.07. The lowest BCUT2D eigenvalue weighted by molar-refractivity contribution is 0.270. The Morgan fingerprint density at radius 1 is 1.20 bits per heavy atom. The molecule has 1 aromatic rings. The van der Waals surface area contributed by atoms with Crippen molar-refractivity contribution < 1.29 is 8.42 Å². The van der Waals surface area contributed by atoms with Crippen LogP contribution >= 0.6 is 0 Å². The Balaban J connectivity index is 1.97. The van der Waals surface area contributed by atoms with E-state index in [9.17, 15) is 8.42 Å². The molecule has 4 nitrogen and oxygen atoms in total. The van der Waals surface area contributed by atoms with E-state index in [4.69, 9.17) is 0 Å². The van der Waals surface area contributed by atoms with Gasteiger partial charge in [-0.15, -0.1) is 0 Å². The quantitative estimate of drug-likeness (QED) is 0.846. The van der Waals surface area contributed by atoms with Crippen LogP contribution < -0.4 is 10.0 Å². The van der Waals surface area contributed by atoms with Crippen LogP contribution in [0.3, 0.4) is 0 Å². The van der Waals surface area contributed by atoms with Gasteiger partial charge in [-0.1, -0.05) is 32.9 Å². The van der Waals surface area contributed by atoms with Gasteiger partial charge < -0.3 is 5.32 Å². The van der Waals surface area contributed by atoms with Gasteiger partial charge in [-0.05, 0) is 36.5 Å². The van der Waals surface area contributed by atoms with Crippen LogP contribution in [0.5, 0.6) is 0 Å². The Labute approximate surface area is 122 Å². The lowest BCUT2D eigenvalue weighted by atomic mass is 9.83. The van der Waals surface area contributed by atoms with Crippen molar-refractivity contribution in [3.63, 3.8) is 0 Å². The van der Waals surface area contributed by atoms with Crippen molar-refractivity contribution in [1.29, 1.82) is 0 Å². The van der Waals surface area contributed by atoms with Gasteiger partial charge >= 0.3 is 0 Å². The molecule has 0 spiro atoms. The second-order valence-corrected chi connectivity index (χ2v) is 7.79. The molecule has 1 aliphatic carbocycles. The molecule has 5 heteroatoms. The summed E-state index contributed by atoms with van der Waals surface area (Å²) >= 11 is 0. The van der Waals surface area contributed by atoms with E-state index < -0.39 is 10.0 Å². The largest absolute Gasteiger partial charge is 0.310 e. The van der Waals surface area contributed by atoms with E-state index in [1.807, 2.05) is 12.1 Å². The first-order chi connectivity index (χ1) is 9.37. The standard InChI is InChI=1S/C15H24N2O2S/c1-11(2)16-10-13-4-6-15(7-5-13)20(18,19)17-14-8-12(3)9-14/h4-7,11-12,14,16-17H,8-10H2,1-3H3. The summed E-state index contributed by atoms with van der Waals surface area (Å²) in [5, 5.41) is 3.31. The third kappa shape index (κ3) is 4.04. The van der Waals surface area contributed by atoms with E-state index in [0.29, 0.717) is 16.9 Å². The minimum atomic E-state index is -3.36. The molecular weight excluding hydrogens is 272 g/mol. The first-order valence-corrected chi connectivity index (χ1v) is 8.70. The summed E-state index contributed by atoms with van der Waals surface area (Å²) in [5.41, 5.74) is 1.09. The monoisotopic (exact) mass is 296 g/mol. The Hall–Kier alpha value is -0.910. The smallest absolute Gasteiger partial charge is 0.240 e. The van der Waals surface area contributed by atoms with Gasteiger partial charge in [0.25, 0.3) is 0 Å². The van der Waals surface area contributed by atoms with Gasteiger partial charge in [0.1, 0.15) is 0 Å². The van der Waals surface area contributed by atoms with Crippen LogP contribution in [-0.4, -0.2) is 20.5 Å². The molecule has 20 heavy (non-hydrogen) atoms. The van der Waals surface area contributed by atoms with Gasteiger partial charge in [-0.2, -0.15) is 0 Å². The minimum absolute atomic E-state index is 0.109. The van der Waals surface area contributed by atoms with Crippen molar-refractivity contribution in [3.05, 3.63) is 29.8 Å². The number of rotatable bonds is 6. The molecule has 0 atom stereocenters. The maximum absolute atomic E-state index is 12.2. The highest BCUT2D eigenvalue weighted by molar-refractivity contribution is 7.89. The summed E-state index contributed by atoms with van der Waals surface area (Å²) in [5.74, 6) is 0.632.